The first kappa shape index (κ1) is 14.6. The van der Waals surface area contributed by atoms with Crippen LogP contribution in [-0.4, -0.2) is 5.11 Å². The van der Waals surface area contributed by atoms with Gasteiger partial charge in [0.1, 0.15) is 12.4 Å². The Balaban J connectivity index is 2.19. The van der Waals surface area contributed by atoms with Crippen LogP contribution in [0.1, 0.15) is 24.2 Å². The van der Waals surface area contributed by atoms with Gasteiger partial charge in [0.2, 0.25) is 0 Å². The number of rotatable bonds is 4. The van der Waals surface area contributed by atoms with E-state index < -0.39 is 6.10 Å². The molecule has 0 aromatic heterocycles. The molecule has 0 unspecified atom stereocenters. The van der Waals surface area contributed by atoms with Crippen LogP contribution in [0.25, 0.3) is 0 Å². The van der Waals surface area contributed by atoms with Gasteiger partial charge in [-0.2, -0.15) is 0 Å². The summed E-state index contributed by atoms with van der Waals surface area (Å²) in [6, 6.07) is 13.6. The van der Waals surface area contributed by atoms with Crippen LogP contribution < -0.4 is 4.74 Å². The highest BCUT2D eigenvalue weighted by atomic mass is 79.9. The molecule has 0 aliphatic heterocycles. The third kappa shape index (κ3) is 3.81. The summed E-state index contributed by atoms with van der Waals surface area (Å²) in [6.07, 6.45) is -0.553. The normalized spacial score (nSPS) is 12.2. The predicted molar refractivity (Wildman–Crippen MR) is 83.2 cm³/mol. The molecule has 0 saturated carbocycles. The second-order valence-corrected chi connectivity index (χ2v) is 6.01. The molecule has 0 radical (unpaired) electrons. The minimum absolute atomic E-state index is 0.456. The van der Waals surface area contributed by atoms with E-state index in [2.05, 4.69) is 31.9 Å². The molecule has 0 amide bonds. The molecule has 2 aromatic rings. The molecule has 0 spiro atoms. The maximum absolute atomic E-state index is 9.74. The lowest BCUT2D eigenvalue weighted by Gasteiger charge is -2.14. The first-order valence-corrected chi connectivity index (χ1v) is 7.50. The second kappa shape index (κ2) is 6.55. The number of ether oxygens (including phenoxy) is 1. The molecule has 2 rings (SSSR count). The smallest absolute Gasteiger partial charge is 0.126 e. The Labute approximate surface area is 129 Å². The van der Waals surface area contributed by atoms with Crippen molar-refractivity contribution in [2.45, 2.75) is 19.6 Å². The van der Waals surface area contributed by atoms with Crippen molar-refractivity contribution in [1.29, 1.82) is 0 Å². The Kier molecular flexibility index (Phi) is 5.02. The molecule has 4 heteroatoms. The summed E-state index contributed by atoms with van der Waals surface area (Å²) in [7, 11) is 0. The molecular formula is C15H14Br2O2. The fraction of sp³-hybridized carbons (Fsp3) is 0.200. The summed E-state index contributed by atoms with van der Waals surface area (Å²) >= 11 is 6.91. The van der Waals surface area contributed by atoms with E-state index in [0.717, 1.165) is 20.1 Å². The van der Waals surface area contributed by atoms with Gasteiger partial charge in [0.05, 0.1) is 6.10 Å². The summed E-state index contributed by atoms with van der Waals surface area (Å²) in [6.45, 7) is 2.19. The molecule has 19 heavy (non-hydrogen) atoms. The maximum atomic E-state index is 9.74. The zero-order valence-corrected chi connectivity index (χ0v) is 13.6. The highest BCUT2D eigenvalue weighted by molar-refractivity contribution is 9.10. The van der Waals surface area contributed by atoms with Crippen molar-refractivity contribution in [3.05, 3.63) is 62.5 Å². The molecule has 0 fully saturated rings. The first-order valence-electron chi connectivity index (χ1n) is 5.91. The van der Waals surface area contributed by atoms with Gasteiger partial charge in [-0.25, -0.2) is 0 Å². The van der Waals surface area contributed by atoms with E-state index in [4.69, 9.17) is 4.74 Å². The zero-order valence-electron chi connectivity index (χ0n) is 10.4. The molecular weight excluding hydrogens is 372 g/mol. The van der Waals surface area contributed by atoms with Gasteiger partial charge in [-0.05, 0) is 25.1 Å². The Morgan fingerprint density at radius 2 is 1.89 bits per heavy atom. The second-order valence-electron chi connectivity index (χ2n) is 4.24. The van der Waals surface area contributed by atoms with E-state index in [1.54, 1.807) is 6.92 Å². The molecule has 100 valence electrons. The average molecular weight is 386 g/mol. The molecule has 1 atom stereocenters. The third-order valence-corrected chi connectivity index (χ3v) is 4.03. The lowest BCUT2D eigenvalue weighted by atomic mass is 10.1. The minimum atomic E-state index is -0.553. The van der Waals surface area contributed by atoms with Gasteiger partial charge in [-0.3, -0.25) is 0 Å². The van der Waals surface area contributed by atoms with Crippen molar-refractivity contribution in [2.24, 2.45) is 0 Å². The Morgan fingerprint density at radius 1 is 1.16 bits per heavy atom. The summed E-state index contributed by atoms with van der Waals surface area (Å²) in [5.41, 5.74) is 1.86. The van der Waals surface area contributed by atoms with Gasteiger partial charge in [0.25, 0.3) is 0 Å². The third-order valence-electron chi connectivity index (χ3n) is 2.77. The topological polar surface area (TPSA) is 29.5 Å². The molecule has 0 saturated heterocycles. The molecule has 0 aliphatic rings. The largest absolute Gasteiger partial charge is 0.488 e. The summed E-state index contributed by atoms with van der Waals surface area (Å²) in [5.74, 6) is 0.695. The number of aliphatic hydroxyl groups is 1. The van der Waals surface area contributed by atoms with Crippen LogP contribution in [0.5, 0.6) is 5.75 Å². The lowest BCUT2D eigenvalue weighted by molar-refractivity contribution is 0.190. The van der Waals surface area contributed by atoms with Crippen LogP contribution in [0, 0.1) is 0 Å². The highest BCUT2D eigenvalue weighted by Gasteiger charge is 2.10. The summed E-state index contributed by atoms with van der Waals surface area (Å²) < 4.78 is 7.77. The van der Waals surface area contributed by atoms with Crippen molar-refractivity contribution < 1.29 is 9.84 Å². The van der Waals surface area contributed by atoms with E-state index in [-0.39, 0.29) is 0 Å². The van der Waals surface area contributed by atoms with Gasteiger partial charge in [-0.1, -0.05) is 56.1 Å². The maximum Gasteiger partial charge on any atom is 0.126 e. The number of halogens is 2. The Hall–Kier alpha value is -0.840. The average Bonchev–Trinajstić information content (AvgIpc) is 2.37. The molecule has 1 N–H and O–H groups in total. The Bertz CT molecular complexity index is 568. The van der Waals surface area contributed by atoms with E-state index in [1.165, 1.54) is 0 Å². The van der Waals surface area contributed by atoms with Crippen LogP contribution in [0.15, 0.2) is 51.4 Å². The van der Waals surface area contributed by atoms with Crippen molar-refractivity contribution in [3.63, 3.8) is 0 Å². The predicted octanol–water partition coefficient (Wildman–Crippen LogP) is 4.84. The van der Waals surface area contributed by atoms with Gasteiger partial charge in [-0.15, -0.1) is 0 Å². The minimum Gasteiger partial charge on any atom is -0.488 e. The SMILES string of the molecule is C[C@H](O)c1ccc(Br)cc1OCc1ccccc1Br. The number of hydrogen-bond acceptors (Lipinski definition) is 2. The van der Waals surface area contributed by atoms with E-state index >= 15 is 0 Å². The quantitative estimate of drug-likeness (QED) is 0.815. The fourth-order valence-corrected chi connectivity index (χ4v) is 2.49. The van der Waals surface area contributed by atoms with E-state index in [1.807, 2.05) is 42.5 Å². The van der Waals surface area contributed by atoms with Gasteiger partial charge in [0, 0.05) is 20.1 Å². The van der Waals surface area contributed by atoms with E-state index in [0.29, 0.717) is 12.4 Å². The molecule has 0 aliphatic carbocycles. The summed E-state index contributed by atoms with van der Waals surface area (Å²) in [4.78, 5) is 0. The van der Waals surface area contributed by atoms with Crippen LogP contribution in [0.3, 0.4) is 0 Å². The van der Waals surface area contributed by atoms with Crippen LogP contribution in [0.2, 0.25) is 0 Å². The number of benzene rings is 2. The van der Waals surface area contributed by atoms with Crippen molar-refractivity contribution in [2.75, 3.05) is 0 Å². The summed E-state index contributed by atoms with van der Waals surface area (Å²) in [5, 5.41) is 9.74. The Morgan fingerprint density at radius 3 is 2.58 bits per heavy atom. The molecule has 2 aromatic carbocycles. The van der Waals surface area contributed by atoms with E-state index in [9.17, 15) is 5.11 Å². The zero-order chi connectivity index (χ0) is 13.8. The van der Waals surface area contributed by atoms with Crippen molar-refractivity contribution in [3.8, 4) is 5.75 Å². The number of hydrogen-bond donors (Lipinski definition) is 1. The molecule has 0 heterocycles. The van der Waals surface area contributed by atoms with Crippen LogP contribution in [0.4, 0.5) is 0 Å². The molecule has 2 nitrogen and oxygen atoms in total. The number of aliphatic hydroxyl groups excluding tert-OH is 1. The van der Waals surface area contributed by atoms with Crippen molar-refractivity contribution in [1.82, 2.24) is 0 Å². The standard InChI is InChI=1S/C15H14Br2O2/c1-10(18)13-7-6-12(16)8-15(13)19-9-11-4-2-3-5-14(11)17/h2-8,10,18H,9H2,1H3/t10-/m0/s1. The monoisotopic (exact) mass is 384 g/mol. The van der Waals surface area contributed by atoms with Crippen LogP contribution in [-0.2, 0) is 6.61 Å². The highest BCUT2D eigenvalue weighted by Crippen LogP contribution is 2.29. The fourth-order valence-electron chi connectivity index (χ4n) is 1.75. The van der Waals surface area contributed by atoms with Gasteiger partial charge >= 0.3 is 0 Å². The van der Waals surface area contributed by atoms with Gasteiger partial charge < -0.3 is 9.84 Å². The molecule has 0 bridgehead atoms. The van der Waals surface area contributed by atoms with Crippen LogP contribution >= 0.6 is 31.9 Å². The van der Waals surface area contributed by atoms with Gasteiger partial charge in [0.15, 0.2) is 0 Å². The lowest BCUT2D eigenvalue weighted by Crippen LogP contribution is -2.01. The first-order chi connectivity index (χ1) is 9.08. The van der Waals surface area contributed by atoms with Crippen molar-refractivity contribution >= 4 is 31.9 Å².